The largest absolute Gasteiger partial charge is 0.395 e. The molecule has 0 aliphatic rings. The number of thiophene rings is 1. The van der Waals surface area contributed by atoms with Gasteiger partial charge in [0, 0.05) is 12.1 Å². The average molecular weight is 228 g/mol. The molecule has 1 rings (SSSR count). The Balaban J connectivity index is 2.84. The summed E-state index contributed by atoms with van der Waals surface area (Å²) in [4.78, 5) is 2.13. The smallest absolute Gasteiger partial charge is 0.0584 e. The van der Waals surface area contributed by atoms with Gasteiger partial charge in [0.2, 0.25) is 0 Å². The molecule has 3 nitrogen and oxygen atoms in total. The van der Waals surface area contributed by atoms with Crippen molar-refractivity contribution in [3.63, 3.8) is 0 Å². The summed E-state index contributed by atoms with van der Waals surface area (Å²) >= 11 is 1.68. The summed E-state index contributed by atoms with van der Waals surface area (Å²) in [6.07, 6.45) is 0. The SMILES string of the molecule is CC(N)C(c1ccsc1)N(C)C(C)CO. The Hall–Kier alpha value is -0.420. The fourth-order valence-corrected chi connectivity index (χ4v) is 2.45. The molecule has 1 aromatic rings. The van der Waals surface area contributed by atoms with Crippen molar-refractivity contribution in [2.24, 2.45) is 5.73 Å². The van der Waals surface area contributed by atoms with Gasteiger partial charge < -0.3 is 10.8 Å². The molecule has 0 saturated heterocycles. The van der Waals surface area contributed by atoms with Gasteiger partial charge in [0.05, 0.1) is 12.6 Å². The molecule has 3 atom stereocenters. The zero-order valence-electron chi connectivity index (χ0n) is 9.55. The van der Waals surface area contributed by atoms with Gasteiger partial charge in [0.1, 0.15) is 0 Å². The van der Waals surface area contributed by atoms with Crippen molar-refractivity contribution in [2.75, 3.05) is 13.7 Å². The van der Waals surface area contributed by atoms with Crippen LogP contribution in [0.15, 0.2) is 16.8 Å². The number of likely N-dealkylation sites (N-methyl/N-ethyl adjacent to an activating group) is 1. The van der Waals surface area contributed by atoms with Crippen molar-refractivity contribution in [1.82, 2.24) is 4.90 Å². The zero-order valence-corrected chi connectivity index (χ0v) is 10.4. The van der Waals surface area contributed by atoms with E-state index in [0.29, 0.717) is 0 Å². The van der Waals surface area contributed by atoms with E-state index in [1.54, 1.807) is 11.3 Å². The predicted molar refractivity (Wildman–Crippen MR) is 65.0 cm³/mol. The maximum Gasteiger partial charge on any atom is 0.0584 e. The van der Waals surface area contributed by atoms with Crippen LogP contribution in [-0.2, 0) is 0 Å². The summed E-state index contributed by atoms with van der Waals surface area (Å²) in [7, 11) is 2.01. The highest BCUT2D eigenvalue weighted by molar-refractivity contribution is 7.07. The molecule has 4 heteroatoms. The third-order valence-electron chi connectivity index (χ3n) is 2.78. The Morgan fingerprint density at radius 2 is 2.20 bits per heavy atom. The second-order valence-electron chi connectivity index (χ2n) is 4.06. The second-order valence-corrected chi connectivity index (χ2v) is 4.84. The van der Waals surface area contributed by atoms with Crippen LogP contribution in [0.2, 0.25) is 0 Å². The lowest BCUT2D eigenvalue weighted by Crippen LogP contribution is -2.42. The highest BCUT2D eigenvalue weighted by Gasteiger charge is 2.24. The maximum atomic E-state index is 9.15. The molecular weight excluding hydrogens is 208 g/mol. The predicted octanol–water partition coefficient (Wildman–Crippen LogP) is 1.45. The molecule has 0 aliphatic heterocycles. The summed E-state index contributed by atoms with van der Waals surface area (Å²) in [6.45, 7) is 4.16. The normalized spacial score (nSPS) is 17.7. The Morgan fingerprint density at radius 3 is 2.60 bits per heavy atom. The van der Waals surface area contributed by atoms with Crippen LogP contribution in [0.1, 0.15) is 25.5 Å². The van der Waals surface area contributed by atoms with Gasteiger partial charge in [-0.3, -0.25) is 4.90 Å². The number of nitrogens with two attached hydrogens (primary N) is 1. The number of hydrogen-bond donors (Lipinski definition) is 2. The van der Waals surface area contributed by atoms with Crippen LogP contribution in [0.4, 0.5) is 0 Å². The molecule has 0 bridgehead atoms. The van der Waals surface area contributed by atoms with Gasteiger partial charge in [-0.15, -0.1) is 0 Å². The maximum absolute atomic E-state index is 9.15. The van der Waals surface area contributed by atoms with E-state index in [1.807, 2.05) is 20.9 Å². The Morgan fingerprint density at radius 1 is 1.53 bits per heavy atom. The van der Waals surface area contributed by atoms with Crippen LogP contribution < -0.4 is 5.73 Å². The quantitative estimate of drug-likeness (QED) is 0.802. The molecule has 1 aromatic heterocycles. The molecule has 3 N–H and O–H groups in total. The summed E-state index contributed by atoms with van der Waals surface area (Å²) in [5, 5.41) is 13.3. The third kappa shape index (κ3) is 3.01. The standard InChI is InChI=1S/C11H20N2OS/c1-8(6-14)13(3)11(9(2)12)10-4-5-15-7-10/h4-5,7-9,11,14H,6,12H2,1-3H3. The van der Waals surface area contributed by atoms with Crippen molar-refractivity contribution in [3.8, 4) is 0 Å². The average Bonchev–Trinajstić information content (AvgIpc) is 2.69. The number of hydrogen-bond acceptors (Lipinski definition) is 4. The van der Waals surface area contributed by atoms with Gasteiger partial charge in [-0.2, -0.15) is 11.3 Å². The van der Waals surface area contributed by atoms with E-state index >= 15 is 0 Å². The van der Waals surface area contributed by atoms with Crippen LogP contribution in [-0.4, -0.2) is 35.7 Å². The Kier molecular flexibility index (Phi) is 4.73. The van der Waals surface area contributed by atoms with Gasteiger partial charge >= 0.3 is 0 Å². The van der Waals surface area contributed by atoms with Crippen LogP contribution in [0, 0.1) is 0 Å². The first kappa shape index (κ1) is 12.6. The fraction of sp³-hybridized carbons (Fsp3) is 0.636. The van der Waals surface area contributed by atoms with Crippen molar-refractivity contribution in [2.45, 2.75) is 32.0 Å². The van der Waals surface area contributed by atoms with E-state index in [0.717, 1.165) is 0 Å². The van der Waals surface area contributed by atoms with Crippen LogP contribution in [0.5, 0.6) is 0 Å². The highest BCUT2D eigenvalue weighted by atomic mass is 32.1. The second kappa shape index (κ2) is 5.61. The van der Waals surface area contributed by atoms with Crippen molar-refractivity contribution < 1.29 is 5.11 Å². The number of nitrogens with zero attached hydrogens (tertiary/aromatic N) is 1. The summed E-state index contributed by atoms with van der Waals surface area (Å²) in [6, 6.07) is 2.46. The van der Waals surface area contributed by atoms with E-state index < -0.39 is 0 Å². The summed E-state index contributed by atoms with van der Waals surface area (Å²) < 4.78 is 0. The van der Waals surface area contributed by atoms with Gasteiger partial charge in [-0.25, -0.2) is 0 Å². The van der Waals surface area contributed by atoms with E-state index in [1.165, 1.54) is 5.56 Å². The van der Waals surface area contributed by atoms with Crippen LogP contribution >= 0.6 is 11.3 Å². The third-order valence-corrected chi connectivity index (χ3v) is 3.48. The first-order valence-electron chi connectivity index (χ1n) is 5.18. The van der Waals surface area contributed by atoms with Gasteiger partial charge in [-0.1, -0.05) is 0 Å². The first-order chi connectivity index (χ1) is 7.07. The lowest BCUT2D eigenvalue weighted by molar-refractivity contribution is 0.109. The van der Waals surface area contributed by atoms with E-state index in [2.05, 4.69) is 21.7 Å². The molecule has 0 fully saturated rings. The Bertz CT molecular complexity index is 274. The van der Waals surface area contributed by atoms with Crippen LogP contribution in [0.25, 0.3) is 0 Å². The summed E-state index contributed by atoms with van der Waals surface area (Å²) in [5.74, 6) is 0. The van der Waals surface area contributed by atoms with Gasteiger partial charge in [0.15, 0.2) is 0 Å². The first-order valence-corrected chi connectivity index (χ1v) is 6.12. The molecular formula is C11H20N2OS. The molecule has 86 valence electrons. The number of rotatable bonds is 5. The molecule has 0 amide bonds. The van der Waals surface area contributed by atoms with E-state index in [9.17, 15) is 0 Å². The number of aliphatic hydroxyl groups excluding tert-OH is 1. The fourth-order valence-electron chi connectivity index (χ4n) is 1.76. The minimum Gasteiger partial charge on any atom is -0.395 e. The van der Waals surface area contributed by atoms with Crippen LogP contribution in [0.3, 0.4) is 0 Å². The topological polar surface area (TPSA) is 49.5 Å². The highest BCUT2D eigenvalue weighted by Crippen LogP contribution is 2.25. The van der Waals surface area contributed by atoms with Gasteiger partial charge in [-0.05, 0) is 43.3 Å². The molecule has 0 aromatic carbocycles. The van der Waals surface area contributed by atoms with Crippen molar-refractivity contribution >= 4 is 11.3 Å². The van der Waals surface area contributed by atoms with Crippen molar-refractivity contribution in [3.05, 3.63) is 22.4 Å². The molecule has 0 spiro atoms. The minimum absolute atomic E-state index is 0.0543. The summed E-state index contributed by atoms with van der Waals surface area (Å²) in [5.41, 5.74) is 7.24. The molecule has 0 radical (unpaired) electrons. The van der Waals surface area contributed by atoms with Gasteiger partial charge in [0.25, 0.3) is 0 Å². The lowest BCUT2D eigenvalue weighted by atomic mass is 10.0. The molecule has 0 aliphatic carbocycles. The lowest BCUT2D eigenvalue weighted by Gasteiger charge is -2.34. The van der Waals surface area contributed by atoms with Crippen molar-refractivity contribution in [1.29, 1.82) is 0 Å². The molecule has 0 saturated carbocycles. The number of aliphatic hydroxyl groups is 1. The molecule has 15 heavy (non-hydrogen) atoms. The molecule has 1 heterocycles. The van der Waals surface area contributed by atoms with E-state index in [4.69, 9.17) is 10.8 Å². The Labute approximate surface area is 95.5 Å². The minimum atomic E-state index is 0.0543. The van der Waals surface area contributed by atoms with E-state index in [-0.39, 0.29) is 24.7 Å². The molecule has 3 unspecified atom stereocenters. The monoisotopic (exact) mass is 228 g/mol. The zero-order chi connectivity index (χ0) is 11.4.